The van der Waals surface area contributed by atoms with Crippen LogP contribution in [0.1, 0.15) is 15.9 Å². The van der Waals surface area contributed by atoms with Gasteiger partial charge in [0, 0.05) is 23.5 Å². The highest BCUT2D eigenvalue weighted by Crippen LogP contribution is 2.27. The zero-order chi connectivity index (χ0) is 19.9. The Balaban J connectivity index is 1.60. The van der Waals surface area contributed by atoms with Gasteiger partial charge in [0.2, 0.25) is 0 Å². The lowest BCUT2D eigenvalue weighted by Crippen LogP contribution is -2.23. The normalized spacial score (nSPS) is 10.2. The molecule has 0 spiro atoms. The predicted octanol–water partition coefficient (Wildman–Crippen LogP) is 4.43. The van der Waals surface area contributed by atoms with Crippen molar-refractivity contribution in [2.45, 2.75) is 6.54 Å². The summed E-state index contributed by atoms with van der Waals surface area (Å²) in [6, 6.07) is 16.3. The number of ether oxygens (including phenoxy) is 2. The number of amides is 1. The third-order valence-electron chi connectivity index (χ3n) is 4.02. The Bertz CT molecular complexity index is 961. The molecule has 2 N–H and O–H groups in total. The molecule has 0 aliphatic carbocycles. The number of nitrogens with zero attached hydrogens (tertiary/aromatic N) is 1. The van der Waals surface area contributed by atoms with Gasteiger partial charge in [0.05, 0.1) is 19.8 Å². The molecule has 0 aliphatic rings. The van der Waals surface area contributed by atoms with Crippen molar-refractivity contribution in [3.63, 3.8) is 0 Å². The molecule has 3 rings (SSSR count). The lowest BCUT2D eigenvalue weighted by molar-refractivity contribution is 0.0950. The zero-order valence-corrected chi connectivity index (χ0v) is 16.3. The van der Waals surface area contributed by atoms with Crippen molar-refractivity contribution in [1.82, 2.24) is 10.3 Å². The average Bonchev–Trinajstić information content (AvgIpc) is 2.72. The number of aromatic nitrogens is 1. The molecular formula is C21H20ClN3O3. The molecule has 3 aromatic rings. The van der Waals surface area contributed by atoms with Gasteiger partial charge in [0.25, 0.3) is 5.91 Å². The topological polar surface area (TPSA) is 72.5 Å². The second-order valence-corrected chi connectivity index (χ2v) is 6.38. The summed E-state index contributed by atoms with van der Waals surface area (Å²) in [4.78, 5) is 16.6. The van der Waals surface area contributed by atoms with E-state index in [9.17, 15) is 4.79 Å². The Morgan fingerprint density at radius 2 is 1.86 bits per heavy atom. The van der Waals surface area contributed by atoms with Gasteiger partial charge in [0.15, 0.2) is 11.5 Å². The Hall–Kier alpha value is -3.25. The summed E-state index contributed by atoms with van der Waals surface area (Å²) >= 11 is 5.97. The van der Waals surface area contributed by atoms with Crippen molar-refractivity contribution in [2.75, 3.05) is 19.5 Å². The molecule has 7 heteroatoms. The van der Waals surface area contributed by atoms with Crippen molar-refractivity contribution in [2.24, 2.45) is 0 Å². The number of hydrogen-bond donors (Lipinski definition) is 2. The Morgan fingerprint density at radius 3 is 2.54 bits per heavy atom. The van der Waals surface area contributed by atoms with Crippen LogP contribution in [-0.4, -0.2) is 25.1 Å². The molecule has 28 heavy (non-hydrogen) atoms. The molecule has 0 unspecified atom stereocenters. The lowest BCUT2D eigenvalue weighted by Gasteiger charge is -2.11. The Morgan fingerprint density at radius 1 is 1.04 bits per heavy atom. The molecule has 0 saturated carbocycles. The first-order valence-electron chi connectivity index (χ1n) is 8.57. The minimum atomic E-state index is -0.211. The average molecular weight is 398 g/mol. The van der Waals surface area contributed by atoms with Crippen molar-refractivity contribution >= 4 is 29.0 Å². The van der Waals surface area contributed by atoms with Gasteiger partial charge in [-0.3, -0.25) is 4.79 Å². The van der Waals surface area contributed by atoms with E-state index >= 15 is 0 Å². The highest BCUT2D eigenvalue weighted by Gasteiger charge is 2.09. The molecule has 2 aromatic carbocycles. The maximum atomic E-state index is 12.4. The Labute approximate surface area is 168 Å². The van der Waals surface area contributed by atoms with Crippen LogP contribution in [0.15, 0.2) is 60.8 Å². The molecule has 6 nitrogen and oxygen atoms in total. The van der Waals surface area contributed by atoms with Crippen molar-refractivity contribution < 1.29 is 14.3 Å². The maximum Gasteiger partial charge on any atom is 0.253 e. The number of benzene rings is 2. The Kier molecular flexibility index (Phi) is 6.34. The van der Waals surface area contributed by atoms with E-state index in [0.717, 1.165) is 11.3 Å². The first-order chi connectivity index (χ1) is 13.6. The standard InChI is InChI=1S/C21H20ClN3O3/c1-27-18-8-6-14(10-19(18)28-2)12-24-21(26)15-7-9-20(23-13-15)25-17-5-3-4-16(22)11-17/h3-11,13H,12H2,1-2H3,(H,23,25)(H,24,26). The lowest BCUT2D eigenvalue weighted by atomic mass is 10.2. The summed E-state index contributed by atoms with van der Waals surface area (Å²) in [7, 11) is 3.15. The van der Waals surface area contributed by atoms with E-state index in [-0.39, 0.29) is 5.91 Å². The van der Waals surface area contributed by atoms with Crippen LogP contribution in [0.4, 0.5) is 11.5 Å². The van der Waals surface area contributed by atoms with Gasteiger partial charge in [-0.1, -0.05) is 23.7 Å². The van der Waals surface area contributed by atoms with E-state index in [0.29, 0.717) is 34.4 Å². The minimum Gasteiger partial charge on any atom is -0.493 e. The van der Waals surface area contributed by atoms with E-state index in [1.165, 1.54) is 6.20 Å². The number of nitrogens with one attached hydrogen (secondary N) is 2. The van der Waals surface area contributed by atoms with Gasteiger partial charge in [-0.2, -0.15) is 0 Å². The van der Waals surface area contributed by atoms with Crippen LogP contribution in [0.5, 0.6) is 11.5 Å². The summed E-state index contributed by atoms with van der Waals surface area (Å²) in [5.74, 6) is 1.67. The fourth-order valence-electron chi connectivity index (χ4n) is 2.59. The number of pyridine rings is 1. The van der Waals surface area contributed by atoms with E-state index in [2.05, 4.69) is 15.6 Å². The quantitative estimate of drug-likeness (QED) is 0.617. The maximum absolute atomic E-state index is 12.4. The highest BCUT2D eigenvalue weighted by molar-refractivity contribution is 6.30. The van der Waals surface area contributed by atoms with Crippen LogP contribution in [0, 0.1) is 0 Å². The number of anilines is 2. The molecule has 1 amide bonds. The number of rotatable bonds is 7. The van der Waals surface area contributed by atoms with Gasteiger partial charge in [-0.05, 0) is 48.0 Å². The minimum absolute atomic E-state index is 0.211. The third kappa shape index (κ3) is 4.92. The zero-order valence-electron chi connectivity index (χ0n) is 15.5. The molecular weight excluding hydrogens is 378 g/mol. The number of methoxy groups -OCH3 is 2. The molecule has 0 aliphatic heterocycles. The van der Waals surface area contributed by atoms with Crippen LogP contribution in [0.3, 0.4) is 0 Å². The SMILES string of the molecule is COc1ccc(CNC(=O)c2ccc(Nc3cccc(Cl)c3)nc2)cc1OC. The van der Waals surface area contributed by atoms with E-state index in [1.54, 1.807) is 44.6 Å². The van der Waals surface area contributed by atoms with E-state index in [1.807, 2.05) is 24.3 Å². The summed E-state index contributed by atoms with van der Waals surface area (Å²) in [5, 5.41) is 6.64. The molecule has 0 atom stereocenters. The monoisotopic (exact) mass is 397 g/mol. The first kappa shape index (κ1) is 19.5. The van der Waals surface area contributed by atoms with E-state index in [4.69, 9.17) is 21.1 Å². The summed E-state index contributed by atoms with van der Waals surface area (Å²) in [6.45, 7) is 0.363. The summed E-state index contributed by atoms with van der Waals surface area (Å²) in [6.07, 6.45) is 1.52. The predicted molar refractivity (Wildman–Crippen MR) is 110 cm³/mol. The van der Waals surface area contributed by atoms with Crippen LogP contribution in [-0.2, 0) is 6.54 Å². The van der Waals surface area contributed by atoms with Crippen LogP contribution >= 0.6 is 11.6 Å². The van der Waals surface area contributed by atoms with Gasteiger partial charge < -0.3 is 20.1 Å². The molecule has 144 valence electrons. The van der Waals surface area contributed by atoms with Gasteiger partial charge >= 0.3 is 0 Å². The van der Waals surface area contributed by atoms with Gasteiger partial charge in [0.1, 0.15) is 5.82 Å². The van der Waals surface area contributed by atoms with Crippen LogP contribution < -0.4 is 20.1 Å². The van der Waals surface area contributed by atoms with Crippen molar-refractivity contribution in [3.05, 3.63) is 76.9 Å². The molecule has 0 saturated heterocycles. The molecule has 1 aromatic heterocycles. The fourth-order valence-corrected chi connectivity index (χ4v) is 2.78. The highest BCUT2D eigenvalue weighted by atomic mass is 35.5. The largest absolute Gasteiger partial charge is 0.493 e. The van der Waals surface area contributed by atoms with Gasteiger partial charge in [-0.25, -0.2) is 4.98 Å². The number of halogens is 1. The molecule has 0 bridgehead atoms. The first-order valence-corrected chi connectivity index (χ1v) is 8.94. The summed E-state index contributed by atoms with van der Waals surface area (Å²) in [5.41, 5.74) is 2.20. The van der Waals surface area contributed by atoms with Crippen LogP contribution in [0.2, 0.25) is 5.02 Å². The summed E-state index contributed by atoms with van der Waals surface area (Å²) < 4.78 is 10.5. The molecule has 0 fully saturated rings. The van der Waals surface area contributed by atoms with Crippen LogP contribution in [0.25, 0.3) is 0 Å². The van der Waals surface area contributed by atoms with Crippen molar-refractivity contribution in [3.8, 4) is 11.5 Å². The van der Waals surface area contributed by atoms with Crippen molar-refractivity contribution in [1.29, 1.82) is 0 Å². The van der Waals surface area contributed by atoms with E-state index < -0.39 is 0 Å². The van der Waals surface area contributed by atoms with Gasteiger partial charge in [-0.15, -0.1) is 0 Å². The third-order valence-corrected chi connectivity index (χ3v) is 4.26. The smallest absolute Gasteiger partial charge is 0.253 e. The molecule has 0 radical (unpaired) electrons. The number of hydrogen-bond acceptors (Lipinski definition) is 5. The number of carbonyl (C=O) groups excluding carboxylic acids is 1. The second kappa shape index (κ2) is 9.10. The molecule has 1 heterocycles. The number of carbonyl (C=O) groups is 1. The second-order valence-electron chi connectivity index (χ2n) is 5.94. The fraction of sp³-hybridized carbons (Fsp3) is 0.143.